The summed E-state index contributed by atoms with van der Waals surface area (Å²) in [6.45, 7) is 1.87. The van der Waals surface area contributed by atoms with E-state index in [9.17, 15) is 18.0 Å². The maximum absolute atomic E-state index is 13.4. The molecule has 1 saturated heterocycles. The molecule has 3 aromatic rings. The summed E-state index contributed by atoms with van der Waals surface area (Å²) in [5.74, 6) is -0.166. The molecule has 1 aliphatic heterocycles. The van der Waals surface area contributed by atoms with Crippen molar-refractivity contribution >= 4 is 43.5 Å². The standard InChI is InChI=1S/C24H27N3O7S2/c1-15-7-9-16(10-8-15)36(30,31)27-13-5-6-17(27)23(29)25-24-26(14-20(28)34-4)21-18(32-2)11-12-19(33-3)22(21)35-24/h7-12,17H,5-6,13-14H2,1-4H3. The molecule has 0 bridgehead atoms. The highest BCUT2D eigenvalue weighted by atomic mass is 32.2. The number of carbonyl (C=O) groups excluding carboxylic acids is 2. The Morgan fingerprint density at radius 1 is 1.06 bits per heavy atom. The minimum absolute atomic E-state index is 0.130. The lowest BCUT2D eigenvalue weighted by atomic mass is 10.2. The van der Waals surface area contributed by atoms with Gasteiger partial charge in [0.15, 0.2) is 4.80 Å². The zero-order chi connectivity index (χ0) is 26.0. The Kier molecular flexibility index (Phi) is 7.48. The number of ether oxygens (including phenoxy) is 3. The third-order valence-corrected chi connectivity index (χ3v) is 9.04. The first kappa shape index (κ1) is 25.9. The van der Waals surface area contributed by atoms with Crippen molar-refractivity contribution in [3.8, 4) is 11.5 Å². The highest BCUT2D eigenvalue weighted by Crippen LogP contribution is 2.35. The molecule has 2 heterocycles. The van der Waals surface area contributed by atoms with Gasteiger partial charge in [0.2, 0.25) is 10.0 Å². The van der Waals surface area contributed by atoms with Crippen LogP contribution in [0, 0.1) is 6.92 Å². The molecule has 192 valence electrons. The summed E-state index contributed by atoms with van der Waals surface area (Å²) < 4.78 is 45.8. The Balaban J connectivity index is 1.81. The number of esters is 1. The van der Waals surface area contributed by atoms with Crippen molar-refractivity contribution in [2.45, 2.75) is 37.2 Å². The van der Waals surface area contributed by atoms with Gasteiger partial charge in [0.1, 0.15) is 34.3 Å². The van der Waals surface area contributed by atoms with Gasteiger partial charge in [0.25, 0.3) is 5.91 Å². The summed E-state index contributed by atoms with van der Waals surface area (Å²) in [5.41, 5.74) is 1.46. The third kappa shape index (κ3) is 4.75. The van der Waals surface area contributed by atoms with Crippen LogP contribution in [0.2, 0.25) is 0 Å². The van der Waals surface area contributed by atoms with E-state index < -0.39 is 27.9 Å². The first-order valence-corrected chi connectivity index (χ1v) is 13.4. The molecular formula is C24H27N3O7S2. The van der Waals surface area contributed by atoms with E-state index in [1.165, 1.54) is 42.3 Å². The first-order chi connectivity index (χ1) is 17.2. The molecule has 0 saturated carbocycles. The van der Waals surface area contributed by atoms with E-state index in [0.717, 1.165) is 16.9 Å². The number of thiazole rings is 1. The van der Waals surface area contributed by atoms with Gasteiger partial charge in [-0.3, -0.25) is 9.59 Å². The molecule has 1 atom stereocenters. The summed E-state index contributed by atoms with van der Waals surface area (Å²) in [6.07, 6.45) is 0.884. The molecule has 10 nitrogen and oxygen atoms in total. The van der Waals surface area contributed by atoms with Crippen LogP contribution in [0.15, 0.2) is 46.3 Å². The van der Waals surface area contributed by atoms with E-state index >= 15 is 0 Å². The molecule has 1 unspecified atom stereocenters. The van der Waals surface area contributed by atoms with Crippen molar-refractivity contribution in [1.29, 1.82) is 0 Å². The summed E-state index contributed by atoms with van der Waals surface area (Å²) in [5, 5.41) is 0. The average molecular weight is 534 g/mol. The largest absolute Gasteiger partial charge is 0.495 e. The van der Waals surface area contributed by atoms with Gasteiger partial charge in [-0.2, -0.15) is 9.30 Å². The monoisotopic (exact) mass is 533 g/mol. The van der Waals surface area contributed by atoms with Gasteiger partial charge in [0, 0.05) is 6.54 Å². The number of amides is 1. The zero-order valence-corrected chi connectivity index (χ0v) is 22.0. The van der Waals surface area contributed by atoms with E-state index in [4.69, 9.17) is 14.2 Å². The van der Waals surface area contributed by atoms with E-state index in [2.05, 4.69) is 4.99 Å². The van der Waals surface area contributed by atoms with Gasteiger partial charge >= 0.3 is 5.97 Å². The highest BCUT2D eigenvalue weighted by Gasteiger charge is 2.39. The smallest absolute Gasteiger partial charge is 0.325 e. The lowest BCUT2D eigenvalue weighted by molar-refractivity contribution is -0.141. The van der Waals surface area contributed by atoms with Crippen LogP contribution in [-0.4, -0.2) is 63.1 Å². The third-order valence-electron chi connectivity index (χ3n) is 6.03. The second-order valence-electron chi connectivity index (χ2n) is 8.23. The van der Waals surface area contributed by atoms with Gasteiger partial charge in [-0.15, -0.1) is 0 Å². The van der Waals surface area contributed by atoms with Crippen molar-refractivity contribution in [1.82, 2.24) is 8.87 Å². The average Bonchev–Trinajstić information content (AvgIpc) is 3.50. The summed E-state index contributed by atoms with van der Waals surface area (Å²) in [6, 6.07) is 8.98. The first-order valence-electron chi connectivity index (χ1n) is 11.2. The van der Waals surface area contributed by atoms with Crippen molar-refractivity contribution in [3.63, 3.8) is 0 Å². The second kappa shape index (κ2) is 10.4. The predicted octanol–water partition coefficient (Wildman–Crippen LogP) is 2.48. The Hall–Kier alpha value is -3.22. The molecule has 0 N–H and O–H groups in total. The Labute approximate surface area is 212 Å². The highest BCUT2D eigenvalue weighted by molar-refractivity contribution is 7.89. The number of hydrogen-bond donors (Lipinski definition) is 0. The Bertz CT molecular complexity index is 1470. The van der Waals surface area contributed by atoms with E-state index in [-0.39, 0.29) is 22.8 Å². The summed E-state index contributed by atoms with van der Waals surface area (Å²) in [7, 11) is 0.391. The van der Waals surface area contributed by atoms with Crippen LogP contribution < -0.4 is 14.3 Å². The number of rotatable bonds is 7. The van der Waals surface area contributed by atoms with Crippen LogP contribution in [0.5, 0.6) is 11.5 Å². The predicted molar refractivity (Wildman–Crippen MR) is 134 cm³/mol. The van der Waals surface area contributed by atoms with Crippen molar-refractivity contribution in [3.05, 3.63) is 46.8 Å². The zero-order valence-electron chi connectivity index (χ0n) is 20.4. The number of aryl methyl sites for hydroxylation is 1. The fourth-order valence-electron chi connectivity index (χ4n) is 4.17. The minimum Gasteiger partial charge on any atom is -0.495 e. The van der Waals surface area contributed by atoms with Crippen LogP contribution in [0.25, 0.3) is 10.2 Å². The van der Waals surface area contributed by atoms with Crippen molar-refractivity contribution in [2.75, 3.05) is 27.9 Å². The molecule has 12 heteroatoms. The number of fused-ring (bicyclic) bond motifs is 1. The van der Waals surface area contributed by atoms with Gasteiger partial charge in [-0.05, 0) is 44.0 Å². The molecule has 0 radical (unpaired) electrons. The summed E-state index contributed by atoms with van der Waals surface area (Å²) in [4.78, 5) is 30.2. The number of aromatic nitrogens is 1. The normalized spacial score (nSPS) is 16.9. The van der Waals surface area contributed by atoms with Crippen molar-refractivity contribution in [2.24, 2.45) is 4.99 Å². The lowest BCUT2D eigenvalue weighted by Crippen LogP contribution is -2.40. The van der Waals surface area contributed by atoms with Crippen LogP contribution >= 0.6 is 11.3 Å². The molecule has 1 fully saturated rings. The number of benzene rings is 2. The van der Waals surface area contributed by atoms with Gasteiger partial charge < -0.3 is 18.8 Å². The molecule has 0 spiro atoms. The molecular weight excluding hydrogens is 506 g/mol. The minimum atomic E-state index is -3.89. The molecule has 4 rings (SSSR count). The van der Waals surface area contributed by atoms with Crippen molar-refractivity contribution < 1.29 is 32.2 Å². The van der Waals surface area contributed by atoms with Gasteiger partial charge in [0.05, 0.1) is 26.2 Å². The maximum Gasteiger partial charge on any atom is 0.325 e. The van der Waals surface area contributed by atoms with Crippen LogP contribution in [-0.2, 0) is 30.9 Å². The van der Waals surface area contributed by atoms with E-state index in [1.54, 1.807) is 24.3 Å². The SMILES string of the molecule is COC(=O)Cn1c(=NC(=O)C2CCCN2S(=O)(=O)c2ccc(C)cc2)sc2c(OC)ccc(OC)c21. The van der Waals surface area contributed by atoms with Gasteiger partial charge in [-0.25, -0.2) is 8.42 Å². The fraction of sp³-hybridized carbons (Fsp3) is 0.375. The number of sulfonamides is 1. The number of nitrogens with zero attached hydrogens (tertiary/aromatic N) is 3. The molecule has 36 heavy (non-hydrogen) atoms. The number of carbonyl (C=O) groups is 2. The lowest BCUT2D eigenvalue weighted by Gasteiger charge is -2.21. The quantitative estimate of drug-likeness (QED) is 0.429. The fourth-order valence-corrected chi connectivity index (χ4v) is 6.96. The molecule has 1 aliphatic rings. The Morgan fingerprint density at radius 3 is 2.36 bits per heavy atom. The maximum atomic E-state index is 13.4. The molecule has 2 aromatic carbocycles. The van der Waals surface area contributed by atoms with E-state index in [0.29, 0.717) is 34.6 Å². The second-order valence-corrected chi connectivity index (χ2v) is 11.1. The van der Waals surface area contributed by atoms with Crippen LogP contribution in [0.3, 0.4) is 0 Å². The topological polar surface area (TPSA) is 116 Å². The molecule has 0 aliphatic carbocycles. The van der Waals surface area contributed by atoms with Gasteiger partial charge in [-0.1, -0.05) is 29.0 Å². The van der Waals surface area contributed by atoms with Crippen LogP contribution in [0.4, 0.5) is 0 Å². The Morgan fingerprint density at radius 2 is 1.72 bits per heavy atom. The summed E-state index contributed by atoms with van der Waals surface area (Å²) >= 11 is 1.15. The molecule has 1 aromatic heterocycles. The van der Waals surface area contributed by atoms with E-state index in [1.807, 2.05) is 6.92 Å². The van der Waals surface area contributed by atoms with Crippen LogP contribution in [0.1, 0.15) is 18.4 Å². The number of hydrogen-bond acceptors (Lipinski definition) is 8. The number of methoxy groups -OCH3 is 3. The molecule has 1 amide bonds.